The lowest BCUT2D eigenvalue weighted by Gasteiger charge is -2.28. The Morgan fingerprint density at radius 1 is 1.35 bits per heavy atom. The smallest absolute Gasteiger partial charge is 0.243 e. The van der Waals surface area contributed by atoms with Crippen molar-refractivity contribution in [1.82, 2.24) is 5.32 Å². The zero-order chi connectivity index (χ0) is 13.8. The van der Waals surface area contributed by atoms with Gasteiger partial charge >= 0.3 is 0 Å². The summed E-state index contributed by atoms with van der Waals surface area (Å²) in [7, 11) is 1.87. The van der Waals surface area contributed by atoms with Crippen molar-refractivity contribution in [3.63, 3.8) is 0 Å². The van der Waals surface area contributed by atoms with Crippen molar-refractivity contribution in [2.75, 3.05) is 18.5 Å². The minimum absolute atomic E-state index is 0. The molecule has 1 heterocycles. The molecule has 1 fully saturated rings. The van der Waals surface area contributed by atoms with Crippen LogP contribution in [0.15, 0.2) is 24.3 Å². The fraction of sp³-hybridized carbons (Fsp3) is 0.562. The highest BCUT2D eigenvalue weighted by atomic mass is 35.5. The molecule has 0 aliphatic carbocycles. The highest BCUT2D eigenvalue weighted by molar-refractivity contribution is 5.96. The van der Waals surface area contributed by atoms with Gasteiger partial charge in [0.15, 0.2) is 0 Å². The number of amides is 1. The Balaban J connectivity index is 0.00000200. The van der Waals surface area contributed by atoms with Crippen LogP contribution in [0.25, 0.3) is 0 Å². The molecule has 0 spiro atoms. The van der Waals surface area contributed by atoms with E-state index in [9.17, 15) is 4.79 Å². The Hall–Kier alpha value is -1.06. The molecule has 1 amide bonds. The van der Waals surface area contributed by atoms with Crippen molar-refractivity contribution in [3.8, 4) is 0 Å². The number of piperidine rings is 1. The predicted molar refractivity (Wildman–Crippen MR) is 86.8 cm³/mol. The molecule has 1 aliphatic heterocycles. The Labute approximate surface area is 128 Å². The van der Waals surface area contributed by atoms with Crippen LogP contribution in [0.3, 0.4) is 0 Å². The maximum atomic E-state index is 12.4. The maximum absolute atomic E-state index is 12.4. The van der Waals surface area contributed by atoms with Gasteiger partial charge in [0, 0.05) is 12.7 Å². The molecule has 1 N–H and O–H groups in total. The number of carbonyl (C=O) groups excluding carboxylic acids is 1. The largest absolute Gasteiger partial charge is 0.314 e. The van der Waals surface area contributed by atoms with E-state index in [1.54, 1.807) is 4.90 Å². The zero-order valence-electron chi connectivity index (χ0n) is 12.6. The molecule has 2 rings (SSSR count). The molecule has 1 aliphatic rings. The van der Waals surface area contributed by atoms with Crippen LogP contribution in [0.4, 0.5) is 5.69 Å². The van der Waals surface area contributed by atoms with E-state index >= 15 is 0 Å². The van der Waals surface area contributed by atoms with E-state index in [2.05, 4.69) is 31.3 Å². The zero-order valence-corrected chi connectivity index (χ0v) is 13.4. The number of nitrogens with one attached hydrogen (secondary N) is 1. The molecule has 112 valence electrons. The number of benzene rings is 1. The Morgan fingerprint density at radius 2 is 2.10 bits per heavy atom. The highest BCUT2D eigenvalue weighted by Gasteiger charge is 2.24. The molecule has 0 bridgehead atoms. The number of carbonyl (C=O) groups is 1. The third-order valence-electron chi connectivity index (χ3n) is 3.86. The standard InChI is InChI=1S/C16H24N2O.ClH/c1-12(2)13-7-6-8-14(11-13)18(3)16(19)15-9-4-5-10-17-15;/h6-8,11-12,15,17H,4-5,9-10H2,1-3H3;1H. The van der Waals surface area contributed by atoms with Gasteiger partial charge in [-0.1, -0.05) is 32.4 Å². The molecule has 0 aromatic heterocycles. The molecule has 1 atom stereocenters. The lowest BCUT2D eigenvalue weighted by molar-refractivity contribution is -0.120. The van der Waals surface area contributed by atoms with Crippen molar-refractivity contribution in [2.24, 2.45) is 0 Å². The average Bonchev–Trinajstić information content (AvgIpc) is 2.46. The van der Waals surface area contributed by atoms with Crippen LogP contribution in [-0.4, -0.2) is 25.5 Å². The van der Waals surface area contributed by atoms with E-state index in [4.69, 9.17) is 0 Å². The minimum atomic E-state index is -0.0125. The van der Waals surface area contributed by atoms with E-state index in [-0.39, 0.29) is 24.4 Å². The van der Waals surface area contributed by atoms with E-state index in [1.807, 2.05) is 19.2 Å². The van der Waals surface area contributed by atoms with E-state index in [0.29, 0.717) is 5.92 Å². The van der Waals surface area contributed by atoms with Gasteiger partial charge in [0.05, 0.1) is 6.04 Å². The summed E-state index contributed by atoms with van der Waals surface area (Å²) >= 11 is 0. The summed E-state index contributed by atoms with van der Waals surface area (Å²) in [6.45, 7) is 5.30. The molecule has 20 heavy (non-hydrogen) atoms. The van der Waals surface area contributed by atoms with Gasteiger partial charge in [0.1, 0.15) is 0 Å². The molecule has 3 nitrogen and oxygen atoms in total. The number of anilines is 1. The van der Waals surface area contributed by atoms with Gasteiger partial charge in [-0.15, -0.1) is 12.4 Å². The molecule has 0 radical (unpaired) electrons. The Morgan fingerprint density at radius 3 is 2.70 bits per heavy atom. The van der Waals surface area contributed by atoms with Gasteiger partial charge in [-0.3, -0.25) is 4.79 Å². The van der Waals surface area contributed by atoms with Crippen molar-refractivity contribution >= 4 is 24.0 Å². The summed E-state index contributed by atoms with van der Waals surface area (Å²) < 4.78 is 0. The predicted octanol–water partition coefficient (Wildman–Crippen LogP) is 3.34. The SMILES string of the molecule is CC(C)c1cccc(N(C)C(=O)C2CCCCN2)c1.Cl. The number of likely N-dealkylation sites (N-methyl/N-ethyl adjacent to an activating group) is 1. The third-order valence-corrected chi connectivity index (χ3v) is 3.86. The molecular weight excluding hydrogens is 272 g/mol. The first kappa shape index (κ1) is 17.0. The maximum Gasteiger partial charge on any atom is 0.243 e. The molecule has 1 saturated heterocycles. The lowest BCUT2D eigenvalue weighted by Crippen LogP contribution is -2.47. The summed E-state index contributed by atoms with van der Waals surface area (Å²) in [5.74, 6) is 0.664. The number of halogens is 1. The second-order valence-corrected chi connectivity index (χ2v) is 5.65. The third kappa shape index (κ3) is 3.97. The van der Waals surface area contributed by atoms with Gasteiger partial charge in [0.2, 0.25) is 5.91 Å². The van der Waals surface area contributed by atoms with Crippen molar-refractivity contribution in [1.29, 1.82) is 0 Å². The first-order valence-corrected chi connectivity index (χ1v) is 7.20. The number of rotatable bonds is 3. The molecule has 1 unspecified atom stereocenters. The van der Waals surface area contributed by atoms with Crippen molar-refractivity contribution in [3.05, 3.63) is 29.8 Å². The van der Waals surface area contributed by atoms with Crippen LogP contribution in [0, 0.1) is 0 Å². The van der Waals surface area contributed by atoms with Crippen molar-refractivity contribution in [2.45, 2.75) is 45.1 Å². The molecule has 1 aromatic rings. The van der Waals surface area contributed by atoms with Crippen LogP contribution in [-0.2, 0) is 4.79 Å². The minimum Gasteiger partial charge on any atom is -0.314 e. The van der Waals surface area contributed by atoms with E-state index in [1.165, 1.54) is 12.0 Å². The summed E-state index contributed by atoms with van der Waals surface area (Å²) in [6.07, 6.45) is 3.27. The van der Waals surface area contributed by atoms with E-state index < -0.39 is 0 Å². The molecule has 0 saturated carbocycles. The molecule has 4 heteroatoms. The Kier molecular flexibility index (Phi) is 6.50. The van der Waals surface area contributed by atoms with Crippen LogP contribution in [0.1, 0.15) is 44.6 Å². The number of hydrogen-bond donors (Lipinski definition) is 1. The van der Waals surface area contributed by atoms with Gasteiger partial charge in [-0.05, 0) is 43.0 Å². The van der Waals surface area contributed by atoms with Crippen LogP contribution in [0.2, 0.25) is 0 Å². The fourth-order valence-corrected chi connectivity index (χ4v) is 2.52. The number of hydrogen-bond acceptors (Lipinski definition) is 2. The summed E-state index contributed by atoms with van der Waals surface area (Å²) in [5, 5.41) is 3.32. The van der Waals surface area contributed by atoms with Gasteiger partial charge < -0.3 is 10.2 Å². The fourth-order valence-electron chi connectivity index (χ4n) is 2.52. The normalized spacial score (nSPS) is 18.5. The van der Waals surface area contributed by atoms with Gasteiger partial charge in [0.25, 0.3) is 0 Å². The number of nitrogens with zero attached hydrogens (tertiary/aromatic N) is 1. The average molecular weight is 297 g/mol. The summed E-state index contributed by atoms with van der Waals surface area (Å²) in [6, 6.07) is 8.26. The lowest BCUT2D eigenvalue weighted by atomic mass is 10.0. The van der Waals surface area contributed by atoms with E-state index in [0.717, 1.165) is 25.1 Å². The quantitative estimate of drug-likeness (QED) is 0.928. The van der Waals surface area contributed by atoms with Crippen LogP contribution in [0.5, 0.6) is 0 Å². The van der Waals surface area contributed by atoms with Crippen molar-refractivity contribution < 1.29 is 4.79 Å². The Bertz CT molecular complexity index is 442. The molecule has 1 aromatic carbocycles. The summed E-state index contributed by atoms with van der Waals surface area (Å²) in [4.78, 5) is 14.2. The second-order valence-electron chi connectivity index (χ2n) is 5.65. The van der Waals surface area contributed by atoms with Gasteiger partial charge in [-0.2, -0.15) is 0 Å². The van der Waals surface area contributed by atoms with Crippen LogP contribution >= 0.6 is 12.4 Å². The summed E-state index contributed by atoms with van der Waals surface area (Å²) in [5.41, 5.74) is 2.26. The second kappa shape index (κ2) is 7.65. The molecular formula is C16H25ClN2O. The van der Waals surface area contributed by atoms with Gasteiger partial charge in [-0.25, -0.2) is 0 Å². The van der Waals surface area contributed by atoms with Crippen LogP contribution < -0.4 is 10.2 Å². The first-order chi connectivity index (χ1) is 9.09. The monoisotopic (exact) mass is 296 g/mol. The topological polar surface area (TPSA) is 32.3 Å². The first-order valence-electron chi connectivity index (χ1n) is 7.20. The highest BCUT2D eigenvalue weighted by Crippen LogP contribution is 2.22.